The second-order valence-corrected chi connectivity index (χ2v) is 45.4. The average Bonchev–Trinajstić information content (AvgIpc) is 0.780. The Labute approximate surface area is 905 Å². The van der Waals surface area contributed by atoms with E-state index in [9.17, 15) is 5.63 Å². The minimum absolute atomic E-state index is 1.11. The first-order valence-corrected chi connectivity index (χ1v) is 65.3. The Morgan fingerprint density at radius 3 is 0.304 bits per heavy atom. The molecule has 0 bridgehead atoms. The maximum absolute atomic E-state index is 10.7. The van der Waals surface area contributed by atoms with Gasteiger partial charge in [-0.1, -0.05) is 214 Å². The van der Waals surface area contributed by atoms with E-state index in [0.717, 1.165) is 105 Å². The zero-order valence-electron chi connectivity index (χ0n) is 93.5. The number of unbranched alkanes of at least 4 members (excludes halogenated alkanes) is 16. The topological polar surface area (TPSA) is 189 Å². The molecule has 0 saturated heterocycles. The standard InChI is InChI=1S/2C62H92N6.2FH.2O2.4O.2Sb/c2*1-9-17-45-63(46-18-10-2)53-25-33-57(34-26-53)67(58-35-27-54(28-36-58)64(47-19-11-3)48-20-12-4)61-41-43-62(44-42-61)68(59-37-29-55(30-38-59)65(49-21-13-5)50-22-14-6)60-39-31-56(32-40-60)66(51-23-15-7)52-24-16-8;;;2*1-2;;;;;;/h2*25-44H,9-24,45-52H2,1-8H3;2*1H;;;;;;;;/q;;;;2*-2;;;2*-1;2*+2/p+2. The Morgan fingerprint density at radius 2 is 0.243 bits per heavy atom. The fourth-order valence-electron chi connectivity index (χ4n) is 18.9. The van der Waals surface area contributed by atoms with Gasteiger partial charge in [-0.3, -0.25) is 0 Å². The van der Waals surface area contributed by atoms with Gasteiger partial charge in [0.15, 0.2) is 0 Å². The molecule has 2 atom stereocenters. The third-order valence-electron chi connectivity index (χ3n) is 27.8. The molecule has 0 spiro atoms. The summed E-state index contributed by atoms with van der Waals surface area (Å²) in [6, 6.07) is 95.0. The van der Waals surface area contributed by atoms with Gasteiger partial charge in [-0.05, 0) is 200 Å². The molecule has 0 aromatic heterocycles. The van der Waals surface area contributed by atoms with Crippen LogP contribution in [0.1, 0.15) is 316 Å². The van der Waals surface area contributed by atoms with Crippen LogP contribution in [0, 0.1) is 0 Å². The van der Waals surface area contributed by atoms with Crippen LogP contribution in [0.2, 0.25) is 0 Å². The van der Waals surface area contributed by atoms with Crippen LogP contribution in [0.5, 0.6) is 0 Å². The van der Waals surface area contributed by atoms with Crippen LogP contribution in [-0.2, 0) is 12.4 Å². The van der Waals surface area contributed by atoms with Gasteiger partial charge in [0.25, 0.3) is 0 Å². The number of nitrogens with one attached hydrogen (secondary N) is 4. The van der Waals surface area contributed by atoms with Gasteiger partial charge >= 0.3 is 75.7 Å². The molecule has 10 aromatic carbocycles. The van der Waals surface area contributed by atoms with Crippen LogP contribution in [0.25, 0.3) is 0 Å². The molecule has 0 heterocycles. The molecule has 0 fully saturated rings. The quantitative estimate of drug-likeness (QED) is 0.0160. The summed E-state index contributed by atoms with van der Waals surface area (Å²) in [5, 5.41) is 17.1. The molecule has 0 amide bonds. The van der Waals surface area contributed by atoms with Crippen LogP contribution in [0.3, 0.4) is 0 Å². The number of quaternary nitrogens is 4. The molecule has 0 aliphatic carbocycles. The molecule has 0 radical (unpaired) electrons. The Hall–Kier alpha value is -8.70. The molecular weight excluding hydrogens is 2070 g/mol. The van der Waals surface area contributed by atoms with Gasteiger partial charge in [0.1, 0.15) is 68.2 Å². The van der Waals surface area contributed by atoms with E-state index >= 15 is 0 Å². The Bertz CT molecular complexity index is 4230. The summed E-state index contributed by atoms with van der Waals surface area (Å²) in [5.74, 6) is 0. The summed E-state index contributed by atoms with van der Waals surface area (Å²) in [6.07, 6.45) is 38.8. The molecule has 816 valence electrons. The molecule has 10 aromatic rings. The van der Waals surface area contributed by atoms with E-state index in [1.165, 1.54) is 339 Å². The molecule has 2 unspecified atom stereocenters. The number of rotatable bonds is 70. The maximum atomic E-state index is 10.7. The summed E-state index contributed by atoms with van der Waals surface area (Å²) < 4.78 is 61.2. The van der Waals surface area contributed by atoms with E-state index in [0.29, 0.717) is 0 Å². The van der Waals surface area contributed by atoms with Crippen LogP contribution in [0.4, 0.5) is 119 Å². The van der Waals surface area contributed by atoms with Crippen molar-refractivity contribution in [3.8, 4) is 0 Å². The van der Waals surface area contributed by atoms with Crippen molar-refractivity contribution in [3.05, 3.63) is 243 Å². The SMILES string of the molecule is CCCCN(CCCC)c1ccc([NH+](c2ccc(N(CCCC)CCCC)cc2)c2ccc([NH+](c3ccc(N(CCCC)CCCC)cc3)c3ccc(N(CCCC)CCCC)cc3)cc2)cc1.CCCCN(CCCC)c1ccc([NH+](c2ccc(N(CCCC)CCCC)cc2)c2ccc([NH+](c3ccc(N(CCCC)CCCC)cc3)c3ccc(N(CCCC)CCCC)cc3)cc2)cc1.[O]=[Sb]([O-])([F])[O][O-].[O]=[Sb]([O-])([F])[O][O-]. The first kappa shape index (κ1) is 126. The Morgan fingerprint density at radius 1 is 0.176 bits per heavy atom. The summed E-state index contributed by atoms with van der Waals surface area (Å²) in [5.41, 5.74) is 25.7. The average molecular weight is 2260 g/mol. The van der Waals surface area contributed by atoms with Crippen molar-refractivity contribution in [2.24, 2.45) is 0 Å². The van der Waals surface area contributed by atoms with Crippen LogP contribution in [0.15, 0.2) is 243 Å². The fourth-order valence-corrected chi connectivity index (χ4v) is 18.9. The van der Waals surface area contributed by atoms with Crippen molar-refractivity contribution in [1.82, 2.24) is 0 Å². The zero-order chi connectivity index (χ0) is 107. The van der Waals surface area contributed by atoms with Crippen LogP contribution < -0.4 is 76.1 Å². The Balaban J connectivity index is 0.000000360. The van der Waals surface area contributed by atoms with E-state index in [2.05, 4.69) is 399 Å². The summed E-state index contributed by atoms with van der Waals surface area (Å²) in [4.78, 5) is 25.9. The van der Waals surface area contributed by atoms with Crippen molar-refractivity contribution in [1.29, 1.82) is 0 Å². The number of anilines is 8. The van der Waals surface area contributed by atoms with Crippen molar-refractivity contribution < 1.29 is 54.9 Å². The van der Waals surface area contributed by atoms with Gasteiger partial charge in [-0.25, -0.2) is 19.6 Å². The van der Waals surface area contributed by atoms with E-state index < -0.39 is 40.4 Å². The van der Waals surface area contributed by atoms with E-state index in [1.54, 1.807) is 0 Å². The van der Waals surface area contributed by atoms with Crippen molar-refractivity contribution >= 4 is 154 Å². The number of hydrogen-bond acceptors (Lipinski definition) is 16. The normalized spacial score (nSPS) is 12.1. The van der Waals surface area contributed by atoms with Crippen LogP contribution in [-0.4, -0.2) is 145 Å². The summed E-state index contributed by atoms with van der Waals surface area (Å²) in [7, 11) is 0. The summed E-state index contributed by atoms with van der Waals surface area (Å²) >= 11 is -12.4. The first-order chi connectivity index (χ1) is 72.0. The third kappa shape index (κ3) is 43.8. The fraction of sp³-hybridized carbons (Fsp3) is 0.516. The van der Waals surface area contributed by atoms with Crippen molar-refractivity contribution in [2.75, 3.05) is 144 Å². The molecule has 20 nitrogen and oxygen atoms in total. The van der Waals surface area contributed by atoms with Gasteiger partial charge in [-0.15, -0.1) is 0 Å². The molecule has 24 heteroatoms. The molecule has 0 aliphatic heterocycles. The summed E-state index contributed by atoms with van der Waals surface area (Å²) in [6.45, 7) is 54.5. The van der Waals surface area contributed by atoms with Gasteiger partial charge < -0.3 is 39.2 Å². The van der Waals surface area contributed by atoms with Crippen molar-refractivity contribution in [2.45, 2.75) is 316 Å². The second-order valence-electron chi connectivity index (χ2n) is 39.6. The van der Waals surface area contributed by atoms with Crippen LogP contribution >= 0.6 is 0 Å². The first-order valence-electron chi connectivity index (χ1n) is 57.1. The third-order valence-corrected chi connectivity index (χ3v) is 28.8. The minimum atomic E-state index is -6.20. The number of halogens is 2. The van der Waals surface area contributed by atoms with Crippen molar-refractivity contribution in [3.63, 3.8) is 0 Å². The molecule has 4 N–H and O–H groups in total. The number of benzene rings is 10. The van der Waals surface area contributed by atoms with E-state index in [1.807, 2.05) is 0 Å². The molecule has 148 heavy (non-hydrogen) atoms. The van der Waals surface area contributed by atoms with Gasteiger partial charge in [-0.2, -0.15) is 0 Å². The van der Waals surface area contributed by atoms with Gasteiger partial charge in [0.05, 0.1) is 0 Å². The van der Waals surface area contributed by atoms with Gasteiger partial charge in [0.2, 0.25) is 0 Å². The zero-order valence-corrected chi connectivity index (χ0v) is 98.6. The predicted molar refractivity (Wildman–Crippen MR) is 618 cm³/mol. The second kappa shape index (κ2) is 72.8. The van der Waals surface area contributed by atoms with E-state index in [-0.39, 0.29) is 0 Å². The molecule has 10 rings (SSSR count). The number of nitrogens with zero attached hydrogens (tertiary/aromatic N) is 8. The molecule has 0 saturated carbocycles. The number of hydrogen-bond donors (Lipinski definition) is 4. The molecule has 0 aliphatic rings. The Kier molecular flexibility index (Phi) is 62.0. The van der Waals surface area contributed by atoms with E-state index in [4.69, 9.17) is 23.3 Å². The van der Waals surface area contributed by atoms with Gasteiger partial charge in [0, 0.05) is 296 Å². The monoisotopic (exact) mass is 2250 g/mol. The molecular formula is C124H188F2N12O8Sb2. The predicted octanol–water partition coefficient (Wildman–Crippen LogP) is 26.3.